The van der Waals surface area contributed by atoms with E-state index in [4.69, 9.17) is 16.3 Å². The Morgan fingerprint density at radius 3 is 2.55 bits per heavy atom. The maximum atomic E-state index is 11.6. The largest absolute Gasteiger partial charge is 0.507 e. The third kappa shape index (κ3) is 3.40. The summed E-state index contributed by atoms with van der Waals surface area (Å²) >= 11 is 5.89. The van der Waals surface area contributed by atoms with Gasteiger partial charge in [0.25, 0.3) is 0 Å². The zero-order valence-electron chi connectivity index (χ0n) is 12.1. The lowest BCUT2D eigenvalue weighted by atomic mass is 9.98. The summed E-state index contributed by atoms with van der Waals surface area (Å²) in [6, 6.07) is 9.59. The van der Waals surface area contributed by atoms with Crippen LogP contribution in [0.1, 0.15) is 16.7 Å². The summed E-state index contributed by atoms with van der Waals surface area (Å²) < 4.78 is 5.12. The number of methoxy groups -OCH3 is 1. The van der Waals surface area contributed by atoms with E-state index < -0.39 is 5.97 Å². The molecule has 0 unspecified atom stereocenters. The second-order valence-electron chi connectivity index (χ2n) is 4.75. The summed E-state index contributed by atoms with van der Waals surface area (Å²) in [5, 5.41) is 19.7. The van der Waals surface area contributed by atoms with E-state index in [1.807, 2.05) is 0 Å². The molecule has 0 aliphatic heterocycles. The van der Waals surface area contributed by atoms with Gasteiger partial charge < -0.3 is 14.9 Å². The van der Waals surface area contributed by atoms with Crippen molar-refractivity contribution in [2.24, 2.45) is 0 Å². The number of phenolic OH excluding ortho intramolecular Hbond substituents is 1. The number of aryl methyl sites for hydroxylation is 1. The molecule has 0 spiro atoms. The second kappa shape index (κ2) is 6.54. The van der Waals surface area contributed by atoms with Crippen LogP contribution in [0.5, 0.6) is 11.5 Å². The Labute approximate surface area is 133 Å². The van der Waals surface area contributed by atoms with Crippen LogP contribution in [0.15, 0.2) is 36.4 Å². The number of halogens is 1. The molecule has 0 heterocycles. The Balaban J connectivity index is 2.58. The van der Waals surface area contributed by atoms with Gasteiger partial charge in [-0.15, -0.1) is 0 Å². The van der Waals surface area contributed by atoms with Crippen molar-refractivity contribution in [3.8, 4) is 11.5 Å². The normalized spacial score (nSPS) is 11.3. The number of carboxylic acids is 1. The number of hydrogen-bond donors (Lipinski definition) is 2. The predicted octanol–water partition coefficient (Wildman–Crippen LogP) is 3.99. The van der Waals surface area contributed by atoms with Gasteiger partial charge in [-0.1, -0.05) is 17.7 Å². The minimum Gasteiger partial charge on any atom is -0.507 e. The summed E-state index contributed by atoms with van der Waals surface area (Å²) in [7, 11) is 1.55. The Hall–Kier alpha value is -2.46. The molecule has 0 saturated carbocycles. The van der Waals surface area contributed by atoms with Crippen LogP contribution in [0.3, 0.4) is 0 Å². The first kappa shape index (κ1) is 15.9. The van der Waals surface area contributed by atoms with Gasteiger partial charge in [-0.05, 0) is 54.5 Å². The highest BCUT2D eigenvalue weighted by atomic mass is 35.5. The van der Waals surface area contributed by atoms with E-state index in [1.165, 1.54) is 24.3 Å². The molecular formula is C17H15ClO4. The maximum absolute atomic E-state index is 11.6. The van der Waals surface area contributed by atoms with Gasteiger partial charge in [-0.2, -0.15) is 0 Å². The molecule has 2 aromatic rings. The van der Waals surface area contributed by atoms with Crippen LogP contribution in [-0.2, 0) is 4.79 Å². The number of aliphatic carboxylic acids is 1. The summed E-state index contributed by atoms with van der Waals surface area (Å²) in [6.07, 6.45) is 1.40. The van der Waals surface area contributed by atoms with Gasteiger partial charge >= 0.3 is 5.97 Å². The molecule has 0 bridgehead atoms. The summed E-state index contributed by atoms with van der Waals surface area (Å²) in [4.78, 5) is 11.6. The van der Waals surface area contributed by atoms with E-state index in [1.54, 1.807) is 32.2 Å². The Morgan fingerprint density at radius 2 is 1.95 bits per heavy atom. The molecule has 0 fully saturated rings. The van der Waals surface area contributed by atoms with Crippen molar-refractivity contribution in [3.63, 3.8) is 0 Å². The Bertz CT molecular complexity index is 750. The molecule has 22 heavy (non-hydrogen) atoms. The smallest absolute Gasteiger partial charge is 0.336 e. The molecule has 114 valence electrons. The van der Waals surface area contributed by atoms with Crippen molar-refractivity contribution in [2.45, 2.75) is 6.92 Å². The van der Waals surface area contributed by atoms with E-state index in [0.717, 1.165) is 5.56 Å². The molecule has 0 saturated heterocycles. The summed E-state index contributed by atoms with van der Waals surface area (Å²) in [5.41, 5.74) is 1.72. The van der Waals surface area contributed by atoms with Gasteiger partial charge in [-0.25, -0.2) is 4.79 Å². The Kier molecular flexibility index (Phi) is 4.73. The maximum Gasteiger partial charge on any atom is 0.336 e. The number of phenols is 1. The van der Waals surface area contributed by atoms with Crippen LogP contribution in [0, 0.1) is 6.92 Å². The highest BCUT2D eigenvalue weighted by Crippen LogP contribution is 2.29. The lowest BCUT2D eigenvalue weighted by Crippen LogP contribution is -2.02. The van der Waals surface area contributed by atoms with Crippen molar-refractivity contribution >= 4 is 29.2 Å². The molecule has 2 rings (SSSR count). The van der Waals surface area contributed by atoms with E-state index >= 15 is 0 Å². The zero-order chi connectivity index (χ0) is 16.3. The number of carbonyl (C=O) groups is 1. The molecule has 0 amide bonds. The van der Waals surface area contributed by atoms with Gasteiger partial charge in [0, 0.05) is 10.6 Å². The fraction of sp³-hybridized carbons (Fsp3) is 0.118. The molecular weight excluding hydrogens is 304 g/mol. The first-order valence-electron chi connectivity index (χ1n) is 6.51. The minimum absolute atomic E-state index is 0.0330. The zero-order valence-corrected chi connectivity index (χ0v) is 12.9. The number of rotatable bonds is 4. The third-order valence-corrected chi connectivity index (χ3v) is 3.48. The van der Waals surface area contributed by atoms with Gasteiger partial charge in [0.2, 0.25) is 0 Å². The lowest BCUT2D eigenvalue weighted by Gasteiger charge is -2.10. The quantitative estimate of drug-likeness (QED) is 0.661. The van der Waals surface area contributed by atoms with Gasteiger partial charge in [0.15, 0.2) is 0 Å². The van der Waals surface area contributed by atoms with Crippen LogP contribution >= 0.6 is 11.6 Å². The van der Waals surface area contributed by atoms with E-state index in [-0.39, 0.29) is 11.3 Å². The van der Waals surface area contributed by atoms with Crippen molar-refractivity contribution in [1.82, 2.24) is 0 Å². The average molecular weight is 319 g/mol. The van der Waals surface area contributed by atoms with Crippen molar-refractivity contribution < 1.29 is 19.7 Å². The fourth-order valence-electron chi connectivity index (χ4n) is 2.12. The molecule has 4 nitrogen and oxygen atoms in total. The monoisotopic (exact) mass is 318 g/mol. The highest BCUT2D eigenvalue weighted by Gasteiger charge is 2.15. The minimum atomic E-state index is -1.09. The van der Waals surface area contributed by atoms with Crippen LogP contribution in [0.25, 0.3) is 11.6 Å². The van der Waals surface area contributed by atoms with E-state index in [2.05, 4.69) is 0 Å². The lowest BCUT2D eigenvalue weighted by molar-refractivity contribution is -0.130. The SMILES string of the molecule is COc1ccc(/C(=C/c2cc(Cl)ccc2O)C(=O)O)c(C)c1. The van der Waals surface area contributed by atoms with E-state index in [9.17, 15) is 15.0 Å². The van der Waals surface area contributed by atoms with Crippen molar-refractivity contribution in [2.75, 3.05) is 7.11 Å². The molecule has 0 aliphatic rings. The number of hydrogen-bond acceptors (Lipinski definition) is 3. The molecule has 0 aliphatic carbocycles. The Morgan fingerprint density at radius 1 is 1.23 bits per heavy atom. The van der Waals surface area contributed by atoms with Crippen molar-refractivity contribution in [1.29, 1.82) is 0 Å². The fourth-order valence-corrected chi connectivity index (χ4v) is 2.30. The molecule has 2 N–H and O–H groups in total. The van der Waals surface area contributed by atoms with Crippen LogP contribution < -0.4 is 4.74 Å². The molecule has 5 heteroatoms. The third-order valence-electron chi connectivity index (χ3n) is 3.24. The molecule has 2 aromatic carbocycles. The summed E-state index contributed by atoms with van der Waals surface area (Å²) in [5.74, 6) is -0.474. The number of ether oxygens (including phenoxy) is 1. The van der Waals surface area contributed by atoms with Crippen LogP contribution in [-0.4, -0.2) is 23.3 Å². The van der Waals surface area contributed by atoms with Gasteiger partial charge in [0.1, 0.15) is 11.5 Å². The van der Waals surface area contributed by atoms with E-state index in [0.29, 0.717) is 21.9 Å². The standard InChI is InChI=1S/C17H15ClO4/c1-10-7-13(22-2)4-5-14(10)15(17(20)21)9-11-8-12(18)3-6-16(11)19/h3-9,19H,1-2H3,(H,20,21)/b15-9-. The van der Waals surface area contributed by atoms with Crippen molar-refractivity contribution in [3.05, 3.63) is 58.1 Å². The number of carboxylic acid groups (broad SMARTS) is 1. The molecule has 0 aromatic heterocycles. The average Bonchev–Trinajstić information content (AvgIpc) is 2.48. The second-order valence-corrected chi connectivity index (χ2v) is 5.18. The van der Waals surface area contributed by atoms with Crippen LogP contribution in [0.4, 0.5) is 0 Å². The molecule has 0 radical (unpaired) electrons. The topological polar surface area (TPSA) is 66.8 Å². The van der Waals surface area contributed by atoms with Crippen LogP contribution in [0.2, 0.25) is 5.02 Å². The number of aromatic hydroxyl groups is 1. The highest BCUT2D eigenvalue weighted by molar-refractivity contribution is 6.31. The first-order chi connectivity index (χ1) is 10.4. The van der Waals surface area contributed by atoms with Gasteiger partial charge in [0.05, 0.1) is 12.7 Å². The molecule has 0 atom stereocenters. The summed E-state index contributed by atoms with van der Waals surface area (Å²) in [6.45, 7) is 1.80. The number of benzene rings is 2. The van der Waals surface area contributed by atoms with Gasteiger partial charge in [-0.3, -0.25) is 0 Å². The first-order valence-corrected chi connectivity index (χ1v) is 6.88. The predicted molar refractivity (Wildman–Crippen MR) is 86.4 cm³/mol.